The van der Waals surface area contributed by atoms with E-state index in [1.54, 1.807) is 4.90 Å². The molecule has 1 aromatic heterocycles. The summed E-state index contributed by atoms with van der Waals surface area (Å²) in [6, 6.07) is 25.5. The SMILES string of the molecule is CSc1nc2c(c(N3CCN(C(=O)OCc4ccccc4)[C@@H](CC#N)C3)n1)CCCN(c1cccc3ccccc13)C2=O. The minimum atomic E-state index is -0.434. The molecule has 0 N–H and O–H groups in total. The largest absolute Gasteiger partial charge is 0.445 e. The number of fused-ring (bicyclic) bond motifs is 2. The summed E-state index contributed by atoms with van der Waals surface area (Å²) < 4.78 is 5.61. The van der Waals surface area contributed by atoms with Crippen LogP contribution in [0.25, 0.3) is 10.8 Å². The van der Waals surface area contributed by atoms with E-state index in [1.165, 1.54) is 11.8 Å². The molecule has 1 saturated heterocycles. The van der Waals surface area contributed by atoms with E-state index in [0.717, 1.165) is 34.0 Å². The van der Waals surface area contributed by atoms with Crippen LogP contribution in [-0.2, 0) is 17.8 Å². The van der Waals surface area contributed by atoms with Crippen molar-refractivity contribution < 1.29 is 14.3 Å². The average Bonchev–Trinajstić information content (AvgIpc) is 3.22. The summed E-state index contributed by atoms with van der Waals surface area (Å²) in [6.45, 7) is 2.02. The Morgan fingerprint density at radius 1 is 1.02 bits per heavy atom. The van der Waals surface area contributed by atoms with Gasteiger partial charge in [0.05, 0.1) is 24.2 Å². The van der Waals surface area contributed by atoms with Crippen LogP contribution in [0.1, 0.15) is 34.5 Å². The Morgan fingerprint density at radius 3 is 2.63 bits per heavy atom. The number of carbonyl (C=O) groups excluding carboxylic acids is 2. The van der Waals surface area contributed by atoms with Crippen molar-refractivity contribution in [1.29, 1.82) is 5.26 Å². The van der Waals surface area contributed by atoms with E-state index in [0.29, 0.717) is 49.3 Å². The topological polar surface area (TPSA) is 103 Å². The Bertz CT molecular complexity index is 1690. The van der Waals surface area contributed by atoms with Crippen molar-refractivity contribution in [2.45, 2.75) is 37.1 Å². The first-order valence-electron chi connectivity index (χ1n) is 14.4. The molecule has 4 aromatic rings. The molecule has 2 amide bonds. The smallest absolute Gasteiger partial charge is 0.410 e. The number of rotatable bonds is 6. The van der Waals surface area contributed by atoms with Crippen molar-refractivity contribution in [3.8, 4) is 6.07 Å². The fourth-order valence-electron chi connectivity index (χ4n) is 5.90. The molecule has 0 saturated carbocycles. The number of ether oxygens (including phenoxy) is 1. The standard InChI is InChI=1S/C33H32N6O3S/c1-43-32-35-29-27(14-8-18-39(31(29)40)28-15-7-12-24-11-5-6-13-26(24)28)30(36-32)37-19-20-38(25(21-37)16-17-34)33(41)42-22-23-9-3-2-4-10-23/h2-7,9-13,15,25H,8,14,16,18-22H2,1H3/t25-/m0/s1. The van der Waals surface area contributed by atoms with Crippen LogP contribution >= 0.6 is 11.8 Å². The second kappa shape index (κ2) is 12.7. The van der Waals surface area contributed by atoms with Crippen LogP contribution in [0.3, 0.4) is 0 Å². The second-order valence-corrected chi connectivity index (χ2v) is 11.4. The maximum absolute atomic E-state index is 14.2. The fraction of sp³-hybridized carbons (Fsp3) is 0.303. The van der Waals surface area contributed by atoms with Crippen molar-refractivity contribution in [2.75, 3.05) is 42.2 Å². The number of amides is 2. The zero-order valence-electron chi connectivity index (χ0n) is 24.0. The lowest BCUT2D eigenvalue weighted by Crippen LogP contribution is -2.55. The lowest BCUT2D eigenvalue weighted by molar-refractivity contribution is 0.0768. The third-order valence-corrected chi connectivity index (χ3v) is 8.56. The molecule has 1 atom stereocenters. The van der Waals surface area contributed by atoms with Gasteiger partial charge in [-0.05, 0) is 36.1 Å². The number of anilines is 2. The number of piperazine rings is 1. The highest BCUT2D eigenvalue weighted by molar-refractivity contribution is 7.98. The average molecular weight is 593 g/mol. The van der Waals surface area contributed by atoms with Crippen LogP contribution in [-0.4, -0.2) is 65.3 Å². The molecule has 0 unspecified atom stereocenters. The maximum atomic E-state index is 14.2. The summed E-state index contributed by atoms with van der Waals surface area (Å²) in [5.74, 6) is 0.571. The first kappa shape index (κ1) is 28.5. The van der Waals surface area contributed by atoms with Gasteiger partial charge in [0, 0.05) is 37.1 Å². The van der Waals surface area contributed by atoms with Gasteiger partial charge in [-0.1, -0.05) is 78.5 Å². The molecule has 0 aliphatic carbocycles. The number of aromatic nitrogens is 2. The van der Waals surface area contributed by atoms with Gasteiger partial charge in [-0.2, -0.15) is 5.26 Å². The molecule has 3 heterocycles. The normalized spacial score (nSPS) is 16.9. The van der Waals surface area contributed by atoms with E-state index in [9.17, 15) is 14.9 Å². The number of thioether (sulfide) groups is 1. The highest BCUT2D eigenvalue weighted by Gasteiger charge is 2.36. The molecule has 6 rings (SSSR count). The van der Waals surface area contributed by atoms with Crippen LogP contribution < -0.4 is 9.80 Å². The Balaban J connectivity index is 1.28. The van der Waals surface area contributed by atoms with Crippen LogP contribution in [0.15, 0.2) is 78.0 Å². The van der Waals surface area contributed by atoms with Gasteiger partial charge in [0.25, 0.3) is 5.91 Å². The van der Waals surface area contributed by atoms with Crippen molar-refractivity contribution >= 4 is 46.0 Å². The van der Waals surface area contributed by atoms with Gasteiger partial charge < -0.3 is 19.4 Å². The van der Waals surface area contributed by atoms with Gasteiger partial charge in [0.15, 0.2) is 5.16 Å². The Morgan fingerprint density at radius 2 is 1.81 bits per heavy atom. The minimum Gasteiger partial charge on any atom is -0.445 e. The molecule has 2 aliphatic heterocycles. The van der Waals surface area contributed by atoms with E-state index in [-0.39, 0.29) is 25.0 Å². The number of benzene rings is 3. The van der Waals surface area contributed by atoms with Crippen LogP contribution in [0.4, 0.5) is 16.3 Å². The molecular formula is C33H32N6O3S. The quantitative estimate of drug-likeness (QED) is 0.208. The summed E-state index contributed by atoms with van der Waals surface area (Å²) in [5.41, 5.74) is 3.02. The van der Waals surface area contributed by atoms with Gasteiger partial charge >= 0.3 is 6.09 Å². The highest BCUT2D eigenvalue weighted by Crippen LogP contribution is 2.34. The summed E-state index contributed by atoms with van der Waals surface area (Å²) in [4.78, 5) is 42.5. The summed E-state index contributed by atoms with van der Waals surface area (Å²) >= 11 is 1.39. The zero-order valence-corrected chi connectivity index (χ0v) is 24.8. The van der Waals surface area contributed by atoms with Crippen molar-refractivity contribution in [3.05, 3.63) is 89.6 Å². The van der Waals surface area contributed by atoms with E-state index in [2.05, 4.69) is 23.1 Å². The first-order valence-corrected chi connectivity index (χ1v) is 15.6. The lowest BCUT2D eigenvalue weighted by atomic mass is 10.1. The number of carbonyl (C=O) groups is 2. The summed E-state index contributed by atoms with van der Waals surface area (Å²) in [5, 5.41) is 12.2. The molecular weight excluding hydrogens is 560 g/mol. The maximum Gasteiger partial charge on any atom is 0.410 e. The van der Waals surface area contributed by atoms with Gasteiger partial charge in [-0.3, -0.25) is 4.79 Å². The predicted octanol–water partition coefficient (Wildman–Crippen LogP) is 5.69. The van der Waals surface area contributed by atoms with Crippen LogP contribution in [0, 0.1) is 11.3 Å². The number of nitrogens with zero attached hydrogens (tertiary/aromatic N) is 6. The molecule has 43 heavy (non-hydrogen) atoms. The molecule has 0 bridgehead atoms. The molecule has 0 spiro atoms. The summed E-state index contributed by atoms with van der Waals surface area (Å²) in [7, 11) is 0. The van der Waals surface area contributed by atoms with Crippen molar-refractivity contribution in [3.63, 3.8) is 0 Å². The van der Waals surface area contributed by atoms with Gasteiger partial charge in [0.2, 0.25) is 0 Å². The van der Waals surface area contributed by atoms with Crippen molar-refractivity contribution in [2.24, 2.45) is 0 Å². The van der Waals surface area contributed by atoms with Gasteiger partial charge in [-0.15, -0.1) is 0 Å². The molecule has 218 valence electrons. The Labute approximate surface area is 255 Å². The molecule has 0 radical (unpaired) electrons. The van der Waals surface area contributed by atoms with E-state index in [4.69, 9.17) is 14.7 Å². The molecule has 10 heteroatoms. The van der Waals surface area contributed by atoms with Crippen LogP contribution in [0.2, 0.25) is 0 Å². The molecule has 1 fully saturated rings. The monoisotopic (exact) mass is 592 g/mol. The molecule has 9 nitrogen and oxygen atoms in total. The number of hydrogen-bond donors (Lipinski definition) is 0. The minimum absolute atomic E-state index is 0.139. The third kappa shape index (κ3) is 5.86. The van der Waals surface area contributed by atoms with E-state index in [1.807, 2.05) is 71.8 Å². The fourth-order valence-corrected chi connectivity index (χ4v) is 6.26. The Kier molecular flexibility index (Phi) is 8.43. The van der Waals surface area contributed by atoms with Gasteiger partial charge in [0.1, 0.15) is 18.1 Å². The number of nitriles is 1. The van der Waals surface area contributed by atoms with E-state index >= 15 is 0 Å². The molecule has 3 aromatic carbocycles. The number of hydrogen-bond acceptors (Lipinski definition) is 8. The van der Waals surface area contributed by atoms with Crippen molar-refractivity contribution in [1.82, 2.24) is 14.9 Å². The summed E-state index contributed by atoms with van der Waals surface area (Å²) in [6.07, 6.45) is 3.02. The predicted molar refractivity (Wildman–Crippen MR) is 167 cm³/mol. The third-order valence-electron chi connectivity index (χ3n) is 8.01. The molecule has 2 aliphatic rings. The van der Waals surface area contributed by atoms with E-state index < -0.39 is 6.09 Å². The second-order valence-electron chi connectivity index (χ2n) is 10.6. The van der Waals surface area contributed by atoms with Gasteiger partial charge in [-0.25, -0.2) is 14.8 Å². The lowest BCUT2D eigenvalue weighted by Gasteiger charge is -2.41. The Hall–Kier alpha value is -4.62. The zero-order chi connectivity index (χ0) is 29.8. The highest BCUT2D eigenvalue weighted by atomic mass is 32.2. The first-order chi connectivity index (χ1) is 21.1. The van der Waals surface area contributed by atoms with Crippen LogP contribution in [0.5, 0.6) is 0 Å².